The molecule has 3 rings (SSSR count). The van der Waals surface area contributed by atoms with Gasteiger partial charge >= 0.3 is 0 Å². The molecule has 0 unspecified atom stereocenters. The topological polar surface area (TPSA) is 51.0 Å². The van der Waals surface area contributed by atoms with E-state index in [1.165, 1.54) is 12.1 Å². The predicted molar refractivity (Wildman–Crippen MR) is 69.5 cm³/mol. The Bertz CT molecular complexity index is 581. The van der Waals surface area contributed by atoms with Crippen molar-refractivity contribution in [2.45, 2.75) is 18.8 Å². The predicted octanol–water partition coefficient (Wildman–Crippen LogP) is 3.00. The summed E-state index contributed by atoms with van der Waals surface area (Å²) in [5.41, 5.74) is 0.575. The third-order valence-electron chi connectivity index (χ3n) is 3.31. The maximum atomic E-state index is 13.4. The minimum Gasteiger partial charge on any atom is -0.339 e. The highest BCUT2D eigenvalue weighted by Crippen LogP contribution is 2.27. The Balaban J connectivity index is 1.85. The average molecular weight is 282 g/mol. The van der Waals surface area contributed by atoms with Crippen molar-refractivity contribution in [3.8, 4) is 11.4 Å². The fourth-order valence-electron chi connectivity index (χ4n) is 2.22. The molecular weight excluding hydrogens is 269 g/mol. The molecule has 0 amide bonds. The summed E-state index contributed by atoms with van der Waals surface area (Å²) in [6, 6.07) is 4.49. The molecule has 6 heteroatoms. The highest BCUT2D eigenvalue weighted by molar-refractivity contribution is 6.30. The fraction of sp³-hybridized carbons (Fsp3) is 0.385. The van der Waals surface area contributed by atoms with Crippen LogP contribution in [0, 0.1) is 5.82 Å². The van der Waals surface area contributed by atoms with Crippen molar-refractivity contribution in [1.82, 2.24) is 15.5 Å². The molecule has 1 saturated heterocycles. The minimum atomic E-state index is -0.479. The molecule has 0 bridgehead atoms. The standard InChI is InChI=1S/C13H13ClFN3O/c14-10-2-1-9(7-11(10)15)12-17-13(19-18-12)8-3-5-16-6-4-8/h1-2,7-8,16H,3-6H2. The van der Waals surface area contributed by atoms with E-state index >= 15 is 0 Å². The molecule has 1 N–H and O–H groups in total. The molecule has 0 atom stereocenters. The minimum absolute atomic E-state index is 0.0887. The normalized spacial score (nSPS) is 16.7. The largest absolute Gasteiger partial charge is 0.339 e. The first-order valence-corrected chi connectivity index (χ1v) is 6.61. The van der Waals surface area contributed by atoms with Crippen molar-refractivity contribution in [3.05, 3.63) is 34.9 Å². The molecule has 0 aliphatic carbocycles. The van der Waals surface area contributed by atoms with E-state index in [4.69, 9.17) is 16.1 Å². The molecule has 1 aliphatic heterocycles. The molecule has 1 aliphatic rings. The van der Waals surface area contributed by atoms with Gasteiger partial charge in [-0.1, -0.05) is 16.8 Å². The third-order valence-corrected chi connectivity index (χ3v) is 3.61. The van der Waals surface area contributed by atoms with Crippen LogP contribution in [-0.4, -0.2) is 23.2 Å². The van der Waals surface area contributed by atoms with Gasteiger partial charge in [0.05, 0.1) is 5.02 Å². The summed E-state index contributed by atoms with van der Waals surface area (Å²) in [6.07, 6.45) is 1.97. The Morgan fingerprint density at radius 2 is 2.11 bits per heavy atom. The van der Waals surface area contributed by atoms with E-state index in [-0.39, 0.29) is 5.02 Å². The number of rotatable bonds is 2. The number of piperidine rings is 1. The number of halogens is 2. The highest BCUT2D eigenvalue weighted by atomic mass is 35.5. The van der Waals surface area contributed by atoms with Crippen molar-refractivity contribution in [1.29, 1.82) is 0 Å². The lowest BCUT2D eigenvalue weighted by molar-refractivity contribution is 0.320. The Kier molecular flexibility index (Phi) is 3.48. The monoisotopic (exact) mass is 281 g/mol. The van der Waals surface area contributed by atoms with Gasteiger partial charge in [-0.25, -0.2) is 4.39 Å². The van der Waals surface area contributed by atoms with Gasteiger partial charge in [-0.2, -0.15) is 4.98 Å². The second-order valence-electron chi connectivity index (χ2n) is 4.61. The lowest BCUT2D eigenvalue weighted by Gasteiger charge is -2.18. The maximum absolute atomic E-state index is 13.4. The fourth-order valence-corrected chi connectivity index (χ4v) is 2.34. The van der Waals surface area contributed by atoms with Crippen molar-refractivity contribution >= 4 is 11.6 Å². The first-order chi connectivity index (χ1) is 9.24. The van der Waals surface area contributed by atoms with Crippen LogP contribution in [0.3, 0.4) is 0 Å². The molecule has 2 aromatic rings. The molecule has 1 aromatic heterocycles. The van der Waals surface area contributed by atoms with E-state index in [0.717, 1.165) is 25.9 Å². The lowest BCUT2D eigenvalue weighted by Crippen LogP contribution is -2.26. The Morgan fingerprint density at radius 1 is 1.32 bits per heavy atom. The van der Waals surface area contributed by atoms with Crippen LogP contribution in [0.25, 0.3) is 11.4 Å². The number of hydrogen-bond donors (Lipinski definition) is 1. The Hall–Kier alpha value is -1.46. The molecule has 4 nitrogen and oxygen atoms in total. The van der Waals surface area contributed by atoms with Crippen LogP contribution in [0.5, 0.6) is 0 Å². The second-order valence-corrected chi connectivity index (χ2v) is 5.02. The van der Waals surface area contributed by atoms with E-state index in [0.29, 0.717) is 23.2 Å². The lowest BCUT2D eigenvalue weighted by atomic mass is 9.98. The number of nitrogens with zero attached hydrogens (tertiary/aromatic N) is 2. The SMILES string of the molecule is Fc1cc(-c2noc(C3CCNCC3)n2)ccc1Cl. The van der Waals surface area contributed by atoms with E-state index in [1.807, 2.05) is 0 Å². The van der Waals surface area contributed by atoms with Crippen molar-refractivity contribution in [2.24, 2.45) is 0 Å². The van der Waals surface area contributed by atoms with Gasteiger partial charge in [0.2, 0.25) is 11.7 Å². The quantitative estimate of drug-likeness (QED) is 0.919. The zero-order valence-electron chi connectivity index (χ0n) is 10.2. The summed E-state index contributed by atoms with van der Waals surface area (Å²) in [5.74, 6) is 0.850. The Labute approximate surface area is 115 Å². The molecule has 0 saturated carbocycles. The zero-order valence-corrected chi connectivity index (χ0v) is 11.0. The van der Waals surface area contributed by atoms with Gasteiger partial charge in [0.25, 0.3) is 0 Å². The van der Waals surface area contributed by atoms with Crippen LogP contribution in [-0.2, 0) is 0 Å². The second kappa shape index (κ2) is 5.27. The zero-order chi connectivity index (χ0) is 13.2. The molecule has 19 heavy (non-hydrogen) atoms. The molecule has 0 spiro atoms. The van der Waals surface area contributed by atoms with E-state index < -0.39 is 5.82 Å². The van der Waals surface area contributed by atoms with Gasteiger partial charge in [0.1, 0.15) is 5.82 Å². The summed E-state index contributed by atoms with van der Waals surface area (Å²) < 4.78 is 18.7. The van der Waals surface area contributed by atoms with E-state index in [1.54, 1.807) is 6.07 Å². The van der Waals surface area contributed by atoms with Gasteiger partial charge in [-0.15, -0.1) is 0 Å². The Morgan fingerprint density at radius 3 is 2.84 bits per heavy atom. The molecule has 2 heterocycles. The summed E-state index contributed by atoms with van der Waals surface area (Å²) in [4.78, 5) is 4.36. The smallest absolute Gasteiger partial charge is 0.230 e. The van der Waals surface area contributed by atoms with Gasteiger partial charge in [-0.3, -0.25) is 0 Å². The maximum Gasteiger partial charge on any atom is 0.230 e. The highest BCUT2D eigenvalue weighted by Gasteiger charge is 2.21. The first-order valence-electron chi connectivity index (χ1n) is 6.24. The van der Waals surface area contributed by atoms with Gasteiger partial charge in [0.15, 0.2) is 0 Å². The average Bonchev–Trinajstić information content (AvgIpc) is 2.93. The van der Waals surface area contributed by atoms with Crippen LogP contribution in [0.1, 0.15) is 24.7 Å². The van der Waals surface area contributed by atoms with Crippen molar-refractivity contribution in [3.63, 3.8) is 0 Å². The third kappa shape index (κ3) is 2.62. The molecule has 100 valence electrons. The molecule has 1 fully saturated rings. The van der Waals surface area contributed by atoms with Gasteiger partial charge < -0.3 is 9.84 Å². The number of nitrogens with one attached hydrogen (secondary N) is 1. The van der Waals surface area contributed by atoms with Crippen LogP contribution in [0.15, 0.2) is 22.7 Å². The molecular formula is C13H13ClFN3O. The van der Waals surface area contributed by atoms with Crippen molar-refractivity contribution in [2.75, 3.05) is 13.1 Å². The van der Waals surface area contributed by atoms with Crippen LogP contribution in [0.2, 0.25) is 5.02 Å². The van der Waals surface area contributed by atoms with Crippen LogP contribution >= 0.6 is 11.6 Å². The molecule has 1 aromatic carbocycles. The van der Waals surface area contributed by atoms with Gasteiger partial charge in [-0.05, 0) is 44.1 Å². The number of aromatic nitrogens is 2. The van der Waals surface area contributed by atoms with Gasteiger partial charge in [0, 0.05) is 11.5 Å². The summed E-state index contributed by atoms with van der Waals surface area (Å²) >= 11 is 5.65. The summed E-state index contributed by atoms with van der Waals surface area (Å²) in [5, 5.41) is 7.29. The first kappa shape index (κ1) is 12.6. The van der Waals surface area contributed by atoms with E-state index in [9.17, 15) is 4.39 Å². The number of benzene rings is 1. The molecule has 0 radical (unpaired) electrons. The summed E-state index contributed by atoms with van der Waals surface area (Å²) in [6.45, 7) is 1.91. The van der Waals surface area contributed by atoms with E-state index in [2.05, 4.69) is 15.5 Å². The summed E-state index contributed by atoms with van der Waals surface area (Å²) in [7, 11) is 0. The number of hydrogen-bond acceptors (Lipinski definition) is 4. The van der Waals surface area contributed by atoms with Crippen molar-refractivity contribution < 1.29 is 8.91 Å². The van der Waals surface area contributed by atoms with Crippen LogP contribution in [0.4, 0.5) is 4.39 Å². The van der Waals surface area contributed by atoms with Crippen LogP contribution < -0.4 is 5.32 Å².